The Morgan fingerprint density at radius 1 is 0.887 bits per heavy atom. The SMILES string of the molecule is Cc1n[nH]c(Nc2ncnc3cc(OCCCN4CCN(C(=O)c5cnc(N6CCN(C[C@H]7CN[C@H](C)CN7CC(=O)N7CC(C)(C)c8ncc(Cc9ccc(F)cc9)cc87)[C@H](C)C6)cn5)CC4)c(S(=O)(=O)C(C)(C)C)cc23)c1C. The molecule has 0 saturated carbocycles. The maximum Gasteiger partial charge on any atom is 0.274 e. The number of hydrogen-bond donors (Lipinski definition) is 3. The molecule has 4 aliphatic heterocycles. The number of carbonyl (C=O) groups excluding carboxylic acids is 2. The van der Waals surface area contributed by atoms with Crippen molar-refractivity contribution in [2.24, 2.45) is 0 Å². The molecule has 2 aromatic carbocycles. The molecular weight excluding hydrogens is 1040 g/mol. The van der Waals surface area contributed by atoms with E-state index in [9.17, 15) is 22.4 Å². The van der Waals surface area contributed by atoms with Gasteiger partial charge in [-0.05, 0) is 96.7 Å². The van der Waals surface area contributed by atoms with E-state index in [4.69, 9.17) is 14.7 Å². The van der Waals surface area contributed by atoms with Gasteiger partial charge in [-0.1, -0.05) is 26.0 Å². The first-order valence-electron chi connectivity index (χ1n) is 27.9. The van der Waals surface area contributed by atoms with Gasteiger partial charge in [0.25, 0.3) is 5.91 Å². The van der Waals surface area contributed by atoms with Gasteiger partial charge in [-0.2, -0.15) is 5.10 Å². The number of aromatic amines is 1. The molecule has 3 saturated heterocycles. The molecule has 20 nitrogen and oxygen atoms in total. The van der Waals surface area contributed by atoms with Crippen LogP contribution in [0.1, 0.15) is 93.5 Å². The number of nitrogens with zero attached hydrogens (tertiary/aromatic N) is 12. The number of hydrogen-bond acceptors (Lipinski definition) is 17. The lowest BCUT2D eigenvalue weighted by Gasteiger charge is -2.46. The molecule has 10 rings (SSSR count). The standard InChI is InChI=1S/C58H76FN15O5S/c1-37-31-73(34-52(75)74-35-58(8,9)53-48(74)24-42(27-63-53)23-41-11-13-43(59)14-12-41)44(28-60-37)33-71-20-21-72(32-38(71)2)51-30-61-47(29-62-51)56(76)70-18-16-69(17-19-70)15-10-22-79-49-26-46-45(25-50(49)80(77,78)57(5,6)7)55(65-36-64-46)66-54-39(3)40(4)67-68-54/h11-14,24-27,29-30,36-38,44,60H,10,15-23,28,31-35H2,1-9H3,(H2,64,65,66,67,68)/t37-,38-,44-/m1/s1. The minimum Gasteiger partial charge on any atom is -0.492 e. The number of nitrogens with one attached hydrogen (secondary N) is 3. The Kier molecular flexibility index (Phi) is 16.3. The molecule has 0 spiro atoms. The Bertz CT molecular complexity index is 3330. The molecule has 4 aromatic heterocycles. The van der Waals surface area contributed by atoms with E-state index in [-0.39, 0.29) is 58.4 Å². The number of amides is 2. The summed E-state index contributed by atoms with van der Waals surface area (Å²) in [5.74, 6) is 1.75. The number of sulfone groups is 1. The topological polar surface area (TPSA) is 214 Å². The van der Waals surface area contributed by atoms with Crippen LogP contribution >= 0.6 is 0 Å². The fourth-order valence-electron chi connectivity index (χ4n) is 11.3. The molecular formula is C58H76FN15O5S. The number of anilines is 4. The lowest BCUT2D eigenvalue weighted by atomic mass is 9.91. The summed E-state index contributed by atoms with van der Waals surface area (Å²) >= 11 is 0. The van der Waals surface area contributed by atoms with Crippen LogP contribution in [0.3, 0.4) is 0 Å². The monoisotopic (exact) mass is 1110 g/mol. The molecule has 426 valence electrons. The molecule has 3 N–H and O–H groups in total. The summed E-state index contributed by atoms with van der Waals surface area (Å²) in [6.45, 7) is 26.5. The highest BCUT2D eigenvalue weighted by atomic mass is 32.2. The minimum absolute atomic E-state index is 0.0688. The van der Waals surface area contributed by atoms with Crippen molar-refractivity contribution < 1.29 is 27.1 Å². The van der Waals surface area contributed by atoms with Gasteiger partial charge in [-0.25, -0.2) is 32.7 Å². The first-order valence-corrected chi connectivity index (χ1v) is 29.4. The molecule has 0 radical (unpaired) electrons. The molecule has 80 heavy (non-hydrogen) atoms. The van der Waals surface area contributed by atoms with Gasteiger partial charge in [0.2, 0.25) is 5.91 Å². The normalized spacial score (nSPS) is 20.3. The molecule has 2 amide bonds. The third-order valence-corrected chi connectivity index (χ3v) is 18.8. The highest BCUT2D eigenvalue weighted by Gasteiger charge is 2.42. The number of aryl methyl sites for hydroxylation is 1. The van der Waals surface area contributed by atoms with Gasteiger partial charge in [0.1, 0.15) is 45.9 Å². The molecule has 4 aliphatic rings. The van der Waals surface area contributed by atoms with Gasteiger partial charge in [0.05, 0.1) is 52.9 Å². The van der Waals surface area contributed by atoms with Crippen LogP contribution < -0.4 is 25.2 Å². The van der Waals surface area contributed by atoms with Crippen molar-refractivity contribution in [3.8, 4) is 5.75 Å². The molecule has 6 aromatic rings. The van der Waals surface area contributed by atoms with E-state index in [2.05, 4.69) is 89.1 Å². The van der Waals surface area contributed by atoms with Gasteiger partial charge in [-0.15, -0.1) is 0 Å². The van der Waals surface area contributed by atoms with Gasteiger partial charge < -0.3 is 30.1 Å². The number of pyridine rings is 1. The molecule has 8 heterocycles. The van der Waals surface area contributed by atoms with Gasteiger partial charge >= 0.3 is 0 Å². The van der Waals surface area contributed by atoms with E-state index in [1.165, 1.54) is 18.5 Å². The van der Waals surface area contributed by atoms with Crippen LogP contribution in [-0.4, -0.2) is 190 Å². The van der Waals surface area contributed by atoms with E-state index in [0.717, 1.165) is 78.9 Å². The number of halogens is 1. The number of H-pyrrole nitrogens is 1. The number of benzene rings is 2. The molecule has 3 fully saturated rings. The Hall–Kier alpha value is -6.72. The number of piperazine rings is 3. The zero-order valence-electron chi connectivity index (χ0n) is 47.6. The summed E-state index contributed by atoms with van der Waals surface area (Å²) in [6.07, 6.45) is 7.87. The van der Waals surface area contributed by atoms with Gasteiger partial charge in [-0.3, -0.25) is 34.4 Å². The minimum atomic E-state index is -3.84. The van der Waals surface area contributed by atoms with Crippen LogP contribution in [0, 0.1) is 19.7 Å². The molecule has 3 atom stereocenters. The predicted octanol–water partition coefficient (Wildman–Crippen LogP) is 5.92. The highest BCUT2D eigenvalue weighted by molar-refractivity contribution is 7.92. The second-order valence-electron chi connectivity index (χ2n) is 23.7. The average Bonchev–Trinajstić information content (AvgIpc) is 3.98. The summed E-state index contributed by atoms with van der Waals surface area (Å²) in [6, 6.07) is 12.5. The summed E-state index contributed by atoms with van der Waals surface area (Å²) in [5, 5.41) is 14.7. The molecule has 0 bridgehead atoms. The van der Waals surface area contributed by atoms with Crippen LogP contribution in [0.15, 0.2) is 72.3 Å². The van der Waals surface area contributed by atoms with Crippen LogP contribution in [-0.2, 0) is 26.5 Å². The van der Waals surface area contributed by atoms with Crippen molar-refractivity contribution in [3.63, 3.8) is 0 Å². The van der Waals surface area contributed by atoms with Crippen molar-refractivity contribution in [1.29, 1.82) is 0 Å². The molecule has 22 heteroatoms. The first kappa shape index (κ1) is 56.6. The summed E-state index contributed by atoms with van der Waals surface area (Å²) in [7, 11) is -3.84. The van der Waals surface area contributed by atoms with Crippen molar-refractivity contribution >= 4 is 55.7 Å². The summed E-state index contributed by atoms with van der Waals surface area (Å²) in [5.41, 5.74) is 6.09. The smallest absolute Gasteiger partial charge is 0.274 e. The summed E-state index contributed by atoms with van der Waals surface area (Å²) < 4.78 is 46.8. The second-order valence-corrected chi connectivity index (χ2v) is 26.4. The van der Waals surface area contributed by atoms with Crippen molar-refractivity contribution in [2.75, 3.05) is 107 Å². The van der Waals surface area contributed by atoms with Crippen LogP contribution in [0.2, 0.25) is 0 Å². The Morgan fingerprint density at radius 2 is 1.66 bits per heavy atom. The number of aromatic nitrogens is 7. The highest BCUT2D eigenvalue weighted by Crippen LogP contribution is 2.41. The maximum absolute atomic E-state index is 14.4. The lowest BCUT2D eigenvalue weighted by molar-refractivity contribution is -0.120. The van der Waals surface area contributed by atoms with Crippen LogP contribution in [0.5, 0.6) is 5.75 Å². The second kappa shape index (κ2) is 23.0. The maximum atomic E-state index is 14.4. The van der Waals surface area contributed by atoms with Crippen molar-refractivity contribution in [3.05, 3.63) is 107 Å². The van der Waals surface area contributed by atoms with E-state index in [1.807, 2.05) is 29.8 Å². The van der Waals surface area contributed by atoms with Crippen LogP contribution in [0.25, 0.3) is 10.9 Å². The zero-order valence-corrected chi connectivity index (χ0v) is 48.4. The fourth-order valence-corrected chi connectivity index (χ4v) is 12.6. The van der Waals surface area contributed by atoms with Crippen LogP contribution in [0.4, 0.5) is 27.5 Å². The number of rotatable bonds is 16. The van der Waals surface area contributed by atoms with E-state index in [0.29, 0.717) is 86.9 Å². The Balaban J connectivity index is 0.692. The van der Waals surface area contributed by atoms with Gasteiger partial charge in [0.15, 0.2) is 9.84 Å². The van der Waals surface area contributed by atoms with Crippen molar-refractivity contribution in [2.45, 2.75) is 108 Å². The number of carbonyl (C=O) groups is 2. The first-order chi connectivity index (χ1) is 38.1. The fraction of sp³-hybridized carbons (Fsp3) is 0.517. The third-order valence-electron chi connectivity index (χ3n) is 16.3. The lowest BCUT2D eigenvalue weighted by Crippen LogP contribution is -2.63. The van der Waals surface area contributed by atoms with E-state index < -0.39 is 14.6 Å². The van der Waals surface area contributed by atoms with E-state index in [1.54, 1.807) is 57.4 Å². The van der Waals surface area contributed by atoms with E-state index >= 15 is 0 Å². The molecule has 0 aliphatic carbocycles. The largest absolute Gasteiger partial charge is 0.492 e. The number of ether oxygens (including phenoxy) is 1. The quantitative estimate of drug-likeness (QED) is 0.0959. The predicted molar refractivity (Wildman–Crippen MR) is 307 cm³/mol. The Morgan fingerprint density at radius 3 is 2.36 bits per heavy atom. The van der Waals surface area contributed by atoms with Gasteiger partial charge in [0, 0.05) is 125 Å². The zero-order chi connectivity index (χ0) is 56.7. The Labute approximate surface area is 468 Å². The third kappa shape index (κ3) is 12.1. The summed E-state index contributed by atoms with van der Waals surface area (Å²) in [4.78, 5) is 64.4. The average molecular weight is 1110 g/mol. The molecule has 0 unspecified atom stereocenters. The van der Waals surface area contributed by atoms with Crippen molar-refractivity contribution in [1.82, 2.24) is 60.0 Å². The number of fused-ring (bicyclic) bond motifs is 2.